The third-order valence-corrected chi connectivity index (χ3v) is 5.86. The van der Waals surface area contributed by atoms with Crippen molar-refractivity contribution in [1.29, 1.82) is 0 Å². The van der Waals surface area contributed by atoms with Gasteiger partial charge in [0, 0.05) is 48.7 Å². The number of pyridine rings is 1. The van der Waals surface area contributed by atoms with E-state index < -0.39 is 0 Å². The predicted octanol–water partition coefficient (Wildman–Crippen LogP) is 2.37. The van der Waals surface area contributed by atoms with Crippen molar-refractivity contribution in [2.45, 2.75) is 38.8 Å². The van der Waals surface area contributed by atoms with Crippen LogP contribution in [0.4, 0.5) is 0 Å². The van der Waals surface area contributed by atoms with Crippen molar-refractivity contribution in [1.82, 2.24) is 14.8 Å². The highest BCUT2D eigenvalue weighted by molar-refractivity contribution is 5.81. The van der Waals surface area contributed by atoms with Crippen molar-refractivity contribution in [2.75, 3.05) is 26.7 Å². The number of H-pyrrole nitrogens is 1. The quantitative estimate of drug-likeness (QED) is 0.879. The van der Waals surface area contributed by atoms with Gasteiger partial charge < -0.3 is 14.6 Å². The zero-order valence-corrected chi connectivity index (χ0v) is 16.0. The van der Waals surface area contributed by atoms with Gasteiger partial charge in [0.2, 0.25) is 5.91 Å². The standard InChI is InChI=1S/C21H27N3O3/c1-3-8-24-17-5-4-14(21(24)26)11-23(13-17)12-16-9-15-10-18(27-2)6-7-19(15)22-20(16)25/h6-7,9-10,14,17H,3-5,8,11-13H2,1-2H3,(H,22,25)/t14-,17+/m0/s1. The van der Waals surface area contributed by atoms with Crippen molar-refractivity contribution in [3.05, 3.63) is 40.2 Å². The fourth-order valence-corrected chi connectivity index (χ4v) is 4.51. The molecule has 0 unspecified atom stereocenters. The first-order chi connectivity index (χ1) is 13.1. The molecule has 0 aliphatic carbocycles. The largest absolute Gasteiger partial charge is 0.497 e. The smallest absolute Gasteiger partial charge is 0.252 e. The van der Waals surface area contributed by atoms with Gasteiger partial charge in [-0.3, -0.25) is 14.5 Å². The van der Waals surface area contributed by atoms with Crippen molar-refractivity contribution < 1.29 is 9.53 Å². The van der Waals surface area contributed by atoms with Crippen LogP contribution in [-0.4, -0.2) is 53.5 Å². The Morgan fingerprint density at radius 3 is 2.81 bits per heavy atom. The Morgan fingerprint density at radius 2 is 2.04 bits per heavy atom. The first-order valence-corrected chi connectivity index (χ1v) is 9.82. The Balaban J connectivity index is 1.59. The van der Waals surface area contributed by atoms with Crippen LogP contribution in [0.3, 0.4) is 0 Å². The number of hydrogen-bond donors (Lipinski definition) is 1. The van der Waals surface area contributed by atoms with Crippen LogP contribution in [0.15, 0.2) is 29.1 Å². The Morgan fingerprint density at radius 1 is 1.19 bits per heavy atom. The summed E-state index contributed by atoms with van der Waals surface area (Å²) in [5.74, 6) is 1.14. The minimum absolute atomic E-state index is 0.0546. The van der Waals surface area contributed by atoms with Crippen LogP contribution in [0.25, 0.3) is 10.9 Å². The molecule has 6 heteroatoms. The molecule has 0 radical (unpaired) electrons. The number of nitrogens with one attached hydrogen (secondary N) is 1. The van der Waals surface area contributed by atoms with Gasteiger partial charge in [0.05, 0.1) is 13.0 Å². The van der Waals surface area contributed by atoms with Crippen molar-refractivity contribution in [2.24, 2.45) is 5.92 Å². The number of fused-ring (bicyclic) bond motifs is 5. The molecule has 3 saturated heterocycles. The summed E-state index contributed by atoms with van der Waals surface area (Å²) >= 11 is 0. The molecule has 1 aromatic carbocycles. The lowest BCUT2D eigenvalue weighted by atomic mass is 9.94. The predicted molar refractivity (Wildman–Crippen MR) is 105 cm³/mol. The number of benzene rings is 1. The summed E-state index contributed by atoms with van der Waals surface area (Å²) < 4.78 is 5.30. The Hall–Kier alpha value is -2.34. The summed E-state index contributed by atoms with van der Waals surface area (Å²) in [7, 11) is 1.64. The van der Waals surface area contributed by atoms with Crippen molar-refractivity contribution in [3.8, 4) is 5.75 Å². The minimum Gasteiger partial charge on any atom is -0.497 e. The molecular formula is C21H27N3O3. The maximum atomic E-state index is 12.7. The highest BCUT2D eigenvalue weighted by Crippen LogP contribution is 2.30. The molecule has 2 bridgehead atoms. The molecule has 3 aliphatic heterocycles. The Labute approximate surface area is 159 Å². The number of piperidine rings is 1. The number of carbonyl (C=O) groups excluding carboxylic acids is 1. The number of ether oxygens (including phenoxy) is 1. The van der Waals surface area contributed by atoms with Gasteiger partial charge in [0.25, 0.3) is 5.56 Å². The Bertz CT molecular complexity index is 907. The van der Waals surface area contributed by atoms with Crippen molar-refractivity contribution in [3.63, 3.8) is 0 Å². The number of carbonyl (C=O) groups is 1. The normalized spacial score (nSPS) is 23.0. The number of amides is 1. The molecule has 0 spiro atoms. The van der Waals surface area contributed by atoms with E-state index in [1.165, 1.54) is 0 Å². The molecular weight excluding hydrogens is 342 g/mol. The number of aromatic nitrogens is 1. The van der Waals surface area contributed by atoms with E-state index in [0.29, 0.717) is 12.5 Å². The molecule has 2 atom stereocenters. The molecule has 4 heterocycles. The maximum Gasteiger partial charge on any atom is 0.252 e. The molecule has 27 heavy (non-hydrogen) atoms. The fraction of sp³-hybridized carbons (Fsp3) is 0.524. The van der Waals surface area contributed by atoms with Crippen LogP contribution in [0.1, 0.15) is 31.7 Å². The molecule has 5 rings (SSSR count). The molecule has 1 aromatic heterocycles. The maximum absolute atomic E-state index is 12.7. The molecule has 3 aliphatic rings. The van der Waals surface area contributed by atoms with Gasteiger partial charge in [0.1, 0.15) is 5.75 Å². The van der Waals surface area contributed by atoms with E-state index in [1.54, 1.807) is 7.11 Å². The summed E-state index contributed by atoms with van der Waals surface area (Å²) in [6, 6.07) is 7.88. The number of aromatic amines is 1. The van der Waals surface area contributed by atoms with E-state index in [-0.39, 0.29) is 17.5 Å². The number of methoxy groups -OCH3 is 1. The summed E-state index contributed by atoms with van der Waals surface area (Å²) in [4.78, 5) is 32.6. The topological polar surface area (TPSA) is 65.6 Å². The molecule has 1 amide bonds. The third-order valence-electron chi connectivity index (χ3n) is 5.86. The molecule has 144 valence electrons. The van der Waals surface area contributed by atoms with Gasteiger partial charge in [-0.05, 0) is 43.5 Å². The molecule has 0 saturated carbocycles. The lowest BCUT2D eigenvalue weighted by Crippen LogP contribution is -2.48. The summed E-state index contributed by atoms with van der Waals surface area (Å²) in [5, 5.41) is 0.963. The van der Waals surface area contributed by atoms with E-state index in [9.17, 15) is 9.59 Å². The average molecular weight is 369 g/mol. The SMILES string of the molecule is CCCN1C(=O)[C@H]2CC[C@@H]1CN(Cc1cc3cc(OC)ccc3[nH]c1=O)C2. The van der Waals surface area contributed by atoms with E-state index in [2.05, 4.69) is 21.7 Å². The number of nitrogens with zero attached hydrogens (tertiary/aromatic N) is 2. The zero-order valence-electron chi connectivity index (χ0n) is 16.0. The van der Waals surface area contributed by atoms with E-state index in [4.69, 9.17) is 4.74 Å². The van der Waals surface area contributed by atoms with Gasteiger partial charge >= 0.3 is 0 Å². The minimum atomic E-state index is -0.0546. The van der Waals surface area contributed by atoms with Crippen LogP contribution >= 0.6 is 0 Å². The first-order valence-electron chi connectivity index (χ1n) is 9.82. The van der Waals surface area contributed by atoms with E-state index in [0.717, 1.165) is 61.1 Å². The van der Waals surface area contributed by atoms with Crippen LogP contribution in [0.5, 0.6) is 5.75 Å². The van der Waals surface area contributed by atoms with Crippen LogP contribution in [-0.2, 0) is 11.3 Å². The lowest BCUT2D eigenvalue weighted by molar-refractivity contribution is -0.139. The molecule has 6 nitrogen and oxygen atoms in total. The molecule has 2 aromatic rings. The third kappa shape index (κ3) is 3.46. The van der Waals surface area contributed by atoms with Gasteiger partial charge in [0.15, 0.2) is 0 Å². The highest BCUT2D eigenvalue weighted by atomic mass is 16.5. The second kappa shape index (κ2) is 7.35. The van der Waals surface area contributed by atoms with Gasteiger partial charge in [-0.2, -0.15) is 0 Å². The lowest BCUT2D eigenvalue weighted by Gasteiger charge is -2.35. The summed E-state index contributed by atoms with van der Waals surface area (Å²) in [5.41, 5.74) is 1.50. The average Bonchev–Trinajstić information content (AvgIpc) is 2.94. The Kier molecular flexibility index (Phi) is 4.91. The zero-order chi connectivity index (χ0) is 19.0. The summed E-state index contributed by atoms with van der Waals surface area (Å²) in [6.07, 6.45) is 3.02. The molecule has 1 N–H and O–H groups in total. The van der Waals surface area contributed by atoms with Gasteiger partial charge in [-0.1, -0.05) is 6.92 Å². The first kappa shape index (κ1) is 18.0. The fourth-order valence-electron chi connectivity index (χ4n) is 4.51. The van der Waals surface area contributed by atoms with Gasteiger partial charge in [-0.25, -0.2) is 0 Å². The summed E-state index contributed by atoms with van der Waals surface area (Å²) in [6.45, 7) is 5.11. The monoisotopic (exact) mass is 369 g/mol. The van der Waals surface area contributed by atoms with Crippen LogP contribution in [0.2, 0.25) is 0 Å². The molecule has 3 fully saturated rings. The van der Waals surface area contributed by atoms with E-state index in [1.807, 2.05) is 24.3 Å². The second-order valence-corrected chi connectivity index (χ2v) is 7.73. The van der Waals surface area contributed by atoms with Crippen LogP contribution in [0, 0.1) is 5.92 Å². The highest BCUT2D eigenvalue weighted by Gasteiger charge is 2.40. The van der Waals surface area contributed by atoms with Crippen molar-refractivity contribution >= 4 is 16.8 Å². The number of hydrogen-bond acceptors (Lipinski definition) is 4. The second-order valence-electron chi connectivity index (χ2n) is 7.73. The van der Waals surface area contributed by atoms with E-state index >= 15 is 0 Å². The van der Waals surface area contributed by atoms with Crippen LogP contribution < -0.4 is 10.3 Å². The van der Waals surface area contributed by atoms with Gasteiger partial charge in [-0.15, -0.1) is 0 Å². The number of rotatable bonds is 5.